The molecule has 3 aromatic carbocycles. The van der Waals surface area contributed by atoms with Gasteiger partial charge in [0.2, 0.25) is 0 Å². The minimum atomic E-state index is -0.251. The van der Waals surface area contributed by atoms with E-state index < -0.39 is 0 Å². The van der Waals surface area contributed by atoms with E-state index in [1.54, 1.807) is 6.07 Å². The maximum absolute atomic E-state index is 13.4. The summed E-state index contributed by atoms with van der Waals surface area (Å²) in [4.78, 5) is 4.83. The van der Waals surface area contributed by atoms with Gasteiger partial charge >= 0.3 is 0 Å². The van der Waals surface area contributed by atoms with Crippen LogP contribution in [0.15, 0.2) is 77.8 Å². The molecule has 3 nitrogen and oxygen atoms in total. The van der Waals surface area contributed by atoms with Gasteiger partial charge in [0.25, 0.3) is 0 Å². The van der Waals surface area contributed by atoms with E-state index in [2.05, 4.69) is 10.6 Å². The van der Waals surface area contributed by atoms with Crippen LogP contribution in [-0.2, 0) is 6.54 Å². The van der Waals surface area contributed by atoms with Crippen LogP contribution >= 0.6 is 35.6 Å². The Morgan fingerprint density at radius 3 is 2.14 bits per heavy atom. The number of halogens is 4. The molecule has 1 aliphatic heterocycles. The fourth-order valence-electron chi connectivity index (χ4n) is 3.27. The number of benzene rings is 3. The van der Waals surface area contributed by atoms with Gasteiger partial charge in [0.1, 0.15) is 11.9 Å². The molecule has 0 saturated heterocycles. The maximum Gasteiger partial charge on any atom is 0.192 e. The highest BCUT2D eigenvalue weighted by molar-refractivity contribution is 6.30. The molecule has 0 fully saturated rings. The van der Waals surface area contributed by atoms with Crippen LogP contribution in [0.5, 0.6) is 0 Å². The Bertz CT molecular complexity index is 991. The van der Waals surface area contributed by atoms with Gasteiger partial charge < -0.3 is 10.6 Å². The molecule has 0 amide bonds. The van der Waals surface area contributed by atoms with E-state index in [-0.39, 0.29) is 30.3 Å². The van der Waals surface area contributed by atoms with Crippen LogP contribution in [0.4, 0.5) is 4.39 Å². The van der Waals surface area contributed by atoms with Crippen LogP contribution in [0.3, 0.4) is 0 Å². The van der Waals surface area contributed by atoms with Crippen LogP contribution in [-0.4, -0.2) is 5.96 Å². The molecule has 0 spiro atoms. The predicted octanol–water partition coefficient (Wildman–Crippen LogP) is 6.09. The van der Waals surface area contributed by atoms with Crippen LogP contribution in [0, 0.1) is 5.82 Å². The number of nitrogens with zero attached hydrogens (tertiary/aromatic N) is 1. The van der Waals surface area contributed by atoms with Gasteiger partial charge in [0.05, 0.1) is 6.04 Å². The zero-order valence-electron chi connectivity index (χ0n) is 15.3. The molecular formula is C22H19Cl3FN3. The summed E-state index contributed by atoms with van der Waals surface area (Å²) in [7, 11) is 0. The van der Waals surface area contributed by atoms with E-state index in [0.29, 0.717) is 22.5 Å². The van der Waals surface area contributed by atoms with Crippen molar-refractivity contribution in [2.75, 3.05) is 0 Å². The molecule has 29 heavy (non-hydrogen) atoms. The van der Waals surface area contributed by atoms with E-state index >= 15 is 0 Å². The molecule has 0 aromatic heterocycles. The van der Waals surface area contributed by atoms with Crippen LogP contribution in [0.25, 0.3) is 0 Å². The standard InChI is InChI=1S/C22H18Cl2FN3.ClH/c23-17-8-4-15(5-9-17)20-21(16-6-10-18(24)11-7-16)28-22(27-20)26-13-14-2-1-3-19(25)12-14;/h1-12,20-21H,13H2,(H2,26,27,28);1H/t20-,21+;. The molecule has 7 heteroatoms. The quantitative estimate of drug-likeness (QED) is 0.505. The molecule has 3 aromatic rings. The summed E-state index contributed by atoms with van der Waals surface area (Å²) >= 11 is 12.1. The van der Waals surface area contributed by atoms with Crippen molar-refractivity contribution in [1.29, 1.82) is 0 Å². The van der Waals surface area contributed by atoms with Crippen molar-refractivity contribution in [3.63, 3.8) is 0 Å². The van der Waals surface area contributed by atoms with Crippen molar-refractivity contribution in [1.82, 2.24) is 10.6 Å². The van der Waals surface area contributed by atoms with Gasteiger partial charge in [-0.2, -0.15) is 0 Å². The summed E-state index contributed by atoms with van der Waals surface area (Å²) in [5.41, 5.74) is 2.98. The highest BCUT2D eigenvalue weighted by atomic mass is 35.5. The third-order valence-electron chi connectivity index (χ3n) is 4.67. The topological polar surface area (TPSA) is 36.4 Å². The SMILES string of the molecule is Cl.Fc1cccc(CNC2=N[C@@H](c3ccc(Cl)cc3)[C@@H](c3ccc(Cl)cc3)N2)c1. The summed E-state index contributed by atoms with van der Waals surface area (Å²) < 4.78 is 13.4. The summed E-state index contributed by atoms with van der Waals surface area (Å²) in [6, 6.07) is 21.8. The fourth-order valence-corrected chi connectivity index (χ4v) is 3.52. The number of aliphatic imine (C=N–C) groups is 1. The first kappa shape index (κ1) is 21.4. The van der Waals surface area contributed by atoms with Gasteiger partial charge in [0, 0.05) is 16.6 Å². The minimum Gasteiger partial charge on any atom is -0.352 e. The smallest absolute Gasteiger partial charge is 0.192 e. The third-order valence-corrected chi connectivity index (χ3v) is 5.17. The molecule has 0 radical (unpaired) electrons. The Labute approximate surface area is 185 Å². The first-order valence-corrected chi connectivity index (χ1v) is 9.68. The van der Waals surface area contributed by atoms with Gasteiger partial charge in [-0.3, -0.25) is 0 Å². The summed E-state index contributed by atoms with van der Waals surface area (Å²) in [5, 5.41) is 8.09. The minimum absolute atomic E-state index is 0. The summed E-state index contributed by atoms with van der Waals surface area (Å²) in [6.45, 7) is 0.476. The van der Waals surface area contributed by atoms with E-state index in [1.165, 1.54) is 12.1 Å². The molecule has 2 N–H and O–H groups in total. The zero-order chi connectivity index (χ0) is 19.5. The molecule has 0 unspecified atom stereocenters. The van der Waals surface area contributed by atoms with E-state index in [4.69, 9.17) is 28.2 Å². The molecule has 0 bridgehead atoms. The number of rotatable bonds is 4. The van der Waals surface area contributed by atoms with E-state index in [9.17, 15) is 4.39 Å². The summed E-state index contributed by atoms with van der Waals surface area (Å²) in [5.74, 6) is 0.419. The van der Waals surface area contributed by atoms with Crippen molar-refractivity contribution in [2.45, 2.75) is 18.6 Å². The second-order valence-electron chi connectivity index (χ2n) is 6.63. The lowest BCUT2D eigenvalue weighted by Crippen LogP contribution is -2.35. The van der Waals surface area contributed by atoms with Crippen LogP contribution in [0.1, 0.15) is 28.8 Å². The average Bonchev–Trinajstić information content (AvgIpc) is 3.12. The van der Waals surface area contributed by atoms with Crippen molar-refractivity contribution in [3.8, 4) is 0 Å². The average molecular weight is 451 g/mol. The third kappa shape index (κ3) is 5.21. The Morgan fingerprint density at radius 1 is 0.897 bits per heavy atom. The van der Waals surface area contributed by atoms with Gasteiger partial charge in [-0.05, 0) is 53.1 Å². The number of hydrogen-bond acceptors (Lipinski definition) is 3. The van der Waals surface area contributed by atoms with Gasteiger partial charge in [-0.1, -0.05) is 59.6 Å². The lowest BCUT2D eigenvalue weighted by atomic mass is 9.95. The Kier molecular flexibility index (Phi) is 7.01. The lowest BCUT2D eigenvalue weighted by molar-refractivity contribution is 0.570. The highest BCUT2D eigenvalue weighted by Gasteiger charge is 2.31. The van der Waals surface area contributed by atoms with Crippen molar-refractivity contribution in [3.05, 3.63) is 105 Å². The molecule has 150 valence electrons. The second-order valence-corrected chi connectivity index (χ2v) is 7.50. The van der Waals surface area contributed by atoms with Crippen molar-refractivity contribution >= 4 is 41.6 Å². The first-order chi connectivity index (χ1) is 13.6. The molecule has 4 rings (SSSR count). The van der Waals surface area contributed by atoms with Crippen molar-refractivity contribution in [2.24, 2.45) is 4.99 Å². The fraction of sp³-hybridized carbons (Fsp3) is 0.136. The second kappa shape index (κ2) is 9.49. The molecule has 2 atom stereocenters. The molecule has 1 aliphatic rings. The Morgan fingerprint density at radius 2 is 1.52 bits per heavy atom. The van der Waals surface area contributed by atoms with Gasteiger partial charge in [0.15, 0.2) is 5.96 Å². The van der Waals surface area contributed by atoms with Crippen molar-refractivity contribution < 1.29 is 4.39 Å². The van der Waals surface area contributed by atoms with Crippen LogP contribution in [0.2, 0.25) is 10.0 Å². The number of hydrogen-bond donors (Lipinski definition) is 2. The first-order valence-electron chi connectivity index (χ1n) is 8.92. The monoisotopic (exact) mass is 449 g/mol. The molecule has 1 heterocycles. The Balaban J connectivity index is 0.00000240. The maximum atomic E-state index is 13.4. The molecule has 0 aliphatic carbocycles. The lowest BCUT2D eigenvalue weighted by Gasteiger charge is -2.20. The normalized spacial score (nSPS) is 17.8. The highest BCUT2D eigenvalue weighted by Crippen LogP contribution is 2.36. The Hall–Kier alpha value is -2.27. The van der Waals surface area contributed by atoms with E-state index in [0.717, 1.165) is 16.7 Å². The molecule has 0 saturated carbocycles. The van der Waals surface area contributed by atoms with Gasteiger partial charge in [-0.25, -0.2) is 9.38 Å². The van der Waals surface area contributed by atoms with E-state index in [1.807, 2.05) is 54.6 Å². The van der Waals surface area contributed by atoms with Crippen LogP contribution < -0.4 is 10.6 Å². The number of nitrogens with one attached hydrogen (secondary N) is 2. The zero-order valence-corrected chi connectivity index (χ0v) is 17.6. The van der Waals surface area contributed by atoms with Gasteiger partial charge in [-0.15, -0.1) is 12.4 Å². The molecular weight excluding hydrogens is 432 g/mol. The summed E-state index contributed by atoms with van der Waals surface area (Å²) in [6.07, 6.45) is 0. The largest absolute Gasteiger partial charge is 0.352 e. The predicted molar refractivity (Wildman–Crippen MR) is 119 cm³/mol. The number of guanidine groups is 1.